The molecule has 0 unspecified atom stereocenters. The van der Waals surface area contributed by atoms with Crippen molar-refractivity contribution in [3.63, 3.8) is 0 Å². The zero-order valence-electron chi connectivity index (χ0n) is 13.6. The summed E-state index contributed by atoms with van der Waals surface area (Å²) in [7, 11) is 1.71. The number of hydrogen-bond donors (Lipinski definition) is 2. The molecule has 1 saturated heterocycles. The number of nitrogens with one attached hydrogen (secondary N) is 2. The molecular formula is C15H24N4O3S. The Labute approximate surface area is 140 Å². The van der Waals surface area contributed by atoms with Gasteiger partial charge in [-0.15, -0.1) is 0 Å². The number of aromatic amines is 1. The van der Waals surface area contributed by atoms with Gasteiger partial charge < -0.3 is 19.9 Å². The highest BCUT2D eigenvalue weighted by Crippen LogP contribution is 2.16. The number of methoxy groups -OCH3 is 1. The number of carbonyl (C=O) groups is 1. The number of aromatic nitrogens is 2. The second-order valence-electron chi connectivity index (χ2n) is 5.62. The Morgan fingerprint density at radius 2 is 2.26 bits per heavy atom. The largest absolute Gasteiger partial charge is 0.383 e. The van der Waals surface area contributed by atoms with Gasteiger partial charge in [0, 0.05) is 26.4 Å². The van der Waals surface area contributed by atoms with Crippen LogP contribution < -0.4 is 10.9 Å². The molecule has 1 aromatic heterocycles. The van der Waals surface area contributed by atoms with Crippen molar-refractivity contribution in [2.45, 2.75) is 18.0 Å². The molecule has 1 amide bonds. The molecule has 0 aromatic carbocycles. The molecule has 8 heteroatoms. The van der Waals surface area contributed by atoms with Crippen LogP contribution in [-0.2, 0) is 4.74 Å². The van der Waals surface area contributed by atoms with E-state index in [0.29, 0.717) is 17.6 Å². The summed E-state index contributed by atoms with van der Waals surface area (Å²) in [6, 6.07) is 0. The van der Waals surface area contributed by atoms with Crippen LogP contribution in [0.4, 0.5) is 0 Å². The lowest BCUT2D eigenvalue weighted by molar-refractivity contribution is 0.0924. The van der Waals surface area contributed by atoms with Crippen LogP contribution in [0.25, 0.3) is 0 Å². The van der Waals surface area contributed by atoms with E-state index >= 15 is 0 Å². The van der Waals surface area contributed by atoms with Crippen molar-refractivity contribution < 1.29 is 9.53 Å². The van der Waals surface area contributed by atoms with E-state index in [4.69, 9.17) is 4.74 Å². The summed E-state index contributed by atoms with van der Waals surface area (Å²) in [5, 5.41) is 3.37. The molecule has 0 saturated carbocycles. The van der Waals surface area contributed by atoms with Gasteiger partial charge in [-0.3, -0.25) is 9.59 Å². The molecule has 0 atom stereocenters. The number of rotatable bonds is 7. The van der Waals surface area contributed by atoms with Gasteiger partial charge in [-0.1, -0.05) is 11.8 Å². The lowest BCUT2D eigenvalue weighted by atomic mass is 9.97. The van der Waals surface area contributed by atoms with E-state index in [1.54, 1.807) is 7.11 Å². The first-order chi connectivity index (χ1) is 11.1. The molecule has 0 spiro atoms. The number of amides is 1. The minimum Gasteiger partial charge on any atom is -0.383 e. The maximum absolute atomic E-state index is 12.1. The third-order valence-corrected chi connectivity index (χ3v) is 4.68. The minimum absolute atomic E-state index is 0.0698. The first kappa shape index (κ1) is 18.0. The maximum Gasteiger partial charge on any atom is 0.264 e. The first-order valence-electron chi connectivity index (χ1n) is 7.77. The number of H-pyrrole nitrogens is 1. The highest BCUT2D eigenvalue weighted by atomic mass is 32.2. The SMILES string of the molecule is COCCN1CCC(CNC(=O)c2cnc(SC)[nH]c2=O)CC1. The molecule has 0 bridgehead atoms. The zero-order valence-corrected chi connectivity index (χ0v) is 14.4. The Balaban J connectivity index is 1.78. The number of ether oxygens (including phenoxy) is 1. The number of thioether (sulfide) groups is 1. The van der Waals surface area contributed by atoms with Crippen LogP contribution in [0, 0.1) is 5.92 Å². The molecule has 23 heavy (non-hydrogen) atoms. The van der Waals surface area contributed by atoms with Crippen molar-refractivity contribution in [2.75, 3.05) is 46.2 Å². The number of piperidine rings is 1. The van der Waals surface area contributed by atoms with Crippen molar-refractivity contribution in [1.82, 2.24) is 20.2 Å². The van der Waals surface area contributed by atoms with Gasteiger partial charge in [-0.2, -0.15) is 0 Å². The van der Waals surface area contributed by atoms with Crippen LogP contribution >= 0.6 is 11.8 Å². The standard InChI is InChI=1S/C15H24N4O3S/c1-22-8-7-19-5-3-11(4-6-19)9-16-13(20)12-10-17-15(23-2)18-14(12)21/h10-11H,3-9H2,1-2H3,(H,16,20)(H,17,18,21). The highest BCUT2D eigenvalue weighted by molar-refractivity contribution is 7.98. The second-order valence-corrected chi connectivity index (χ2v) is 6.42. The van der Waals surface area contributed by atoms with Crippen LogP contribution in [-0.4, -0.2) is 66.9 Å². The van der Waals surface area contributed by atoms with Crippen LogP contribution in [0.1, 0.15) is 23.2 Å². The molecule has 1 aromatic rings. The average molecular weight is 340 g/mol. The molecule has 1 aliphatic rings. The van der Waals surface area contributed by atoms with E-state index in [1.165, 1.54) is 18.0 Å². The summed E-state index contributed by atoms with van der Waals surface area (Å²) >= 11 is 1.33. The van der Waals surface area contributed by atoms with Gasteiger partial charge in [0.05, 0.1) is 6.61 Å². The first-order valence-corrected chi connectivity index (χ1v) is 8.99. The van der Waals surface area contributed by atoms with Gasteiger partial charge in [-0.25, -0.2) is 4.98 Å². The maximum atomic E-state index is 12.1. The third kappa shape index (κ3) is 5.33. The summed E-state index contributed by atoms with van der Waals surface area (Å²) in [6.45, 7) is 4.35. The molecule has 2 heterocycles. The Hall–Kier alpha value is -1.38. The van der Waals surface area contributed by atoms with Crippen LogP contribution in [0.15, 0.2) is 16.1 Å². The van der Waals surface area contributed by atoms with Gasteiger partial charge in [0.25, 0.3) is 11.5 Å². The van der Waals surface area contributed by atoms with Gasteiger partial charge in [0.2, 0.25) is 0 Å². The van der Waals surface area contributed by atoms with E-state index in [1.807, 2.05) is 6.26 Å². The predicted molar refractivity (Wildman–Crippen MR) is 90.0 cm³/mol. The second kappa shape index (κ2) is 9.05. The quantitative estimate of drug-likeness (QED) is 0.558. The summed E-state index contributed by atoms with van der Waals surface area (Å²) < 4.78 is 5.09. The summed E-state index contributed by atoms with van der Waals surface area (Å²) in [6.07, 6.45) is 5.25. The fraction of sp³-hybridized carbons (Fsp3) is 0.667. The Bertz CT molecular complexity index is 570. The van der Waals surface area contributed by atoms with Crippen molar-refractivity contribution in [3.8, 4) is 0 Å². The van der Waals surface area contributed by atoms with Gasteiger partial charge in [0.15, 0.2) is 5.16 Å². The summed E-state index contributed by atoms with van der Waals surface area (Å²) in [4.78, 5) is 33.0. The molecule has 7 nitrogen and oxygen atoms in total. The predicted octanol–water partition coefficient (Wildman–Crippen LogP) is 0.580. The number of likely N-dealkylation sites (tertiary alicyclic amines) is 1. The molecule has 2 rings (SSSR count). The molecule has 0 radical (unpaired) electrons. The molecule has 1 aliphatic heterocycles. The Kier molecular flexibility index (Phi) is 7.07. The topological polar surface area (TPSA) is 87.3 Å². The van der Waals surface area contributed by atoms with E-state index in [9.17, 15) is 9.59 Å². The smallest absolute Gasteiger partial charge is 0.264 e. The lowest BCUT2D eigenvalue weighted by Gasteiger charge is -2.31. The fourth-order valence-corrected chi connectivity index (χ4v) is 2.96. The van der Waals surface area contributed by atoms with E-state index < -0.39 is 5.56 Å². The Morgan fingerprint density at radius 1 is 1.52 bits per heavy atom. The van der Waals surface area contributed by atoms with Crippen LogP contribution in [0.3, 0.4) is 0 Å². The molecule has 0 aliphatic carbocycles. The van der Waals surface area contributed by atoms with Gasteiger partial charge in [-0.05, 0) is 38.1 Å². The van der Waals surface area contributed by atoms with Gasteiger partial charge in [0.1, 0.15) is 5.56 Å². The van der Waals surface area contributed by atoms with Crippen molar-refractivity contribution in [3.05, 3.63) is 22.1 Å². The van der Waals surface area contributed by atoms with Crippen molar-refractivity contribution >= 4 is 17.7 Å². The highest BCUT2D eigenvalue weighted by Gasteiger charge is 2.20. The van der Waals surface area contributed by atoms with Crippen LogP contribution in [0.5, 0.6) is 0 Å². The number of hydrogen-bond acceptors (Lipinski definition) is 6. The number of nitrogens with zero attached hydrogens (tertiary/aromatic N) is 2. The third-order valence-electron chi connectivity index (χ3n) is 4.08. The zero-order chi connectivity index (χ0) is 16.7. The van der Waals surface area contributed by atoms with Crippen molar-refractivity contribution in [1.29, 1.82) is 0 Å². The molecule has 2 N–H and O–H groups in total. The molecule has 1 fully saturated rings. The monoisotopic (exact) mass is 340 g/mol. The van der Waals surface area contributed by atoms with E-state index in [0.717, 1.165) is 39.1 Å². The molecular weight excluding hydrogens is 316 g/mol. The normalized spacial score (nSPS) is 16.4. The lowest BCUT2D eigenvalue weighted by Crippen LogP contribution is -2.40. The number of carbonyl (C=O) groups excluding carboxylic acids is 1. The van der Waals surface area contributed by atoms with Gasteiger partial charge >= 0.3 is 0 Å². The van der Waals surface area contributed by atoms with Crippen LogP contribution in [0.2, 0.25) is 0 Å². The van der Waals surface area contributed by atoms with E-state index in [2.05, 4.69) is 20.2 Å². The average Bonchev–Trinajstić information content (AvgIpc) is 2.58. The molecule has 128 valence electrons. The summed E-state index contributed by atoms with van der Waals surface area (Å²) in [5.74, 6) is 0.100. The Morgan fingerprint density at radius 3 is 2.87 bits per heavy atom. The summed E-state index contributed by atoms with van der Waals surface area (Å²) in [5.41, 5.74) is -0.323. The fourth-order valence-electron chi connectivity index (χ4n) is 2.61. The minimum atomic E-state index is -0.392. The van der Waals surface area contributed by atoms with E-state index in [-0.39, 0.29) is 11.5 Å². The van der Waals surface area contributed by atoms with Crippen molar-refractivity contribution in [2.24, 2.45) is 5.92 Å².